The van der Waals surface area contributed by atoms with E-state index in [2.05, 4.69) is 20.2 Å². The molecule has 0 radical (unpaired) electrons. The molecule has 11 heteroatoms. The number of carboxylic acid groups (broad SMARTS) is 1. The number of para-hydroxylation sites is 1. The number of carbonyl (C=O) groups is 1. The van der Waals surface area contributed by atoms with Crippen LogP contribution in [-0.4, -0.2) is 70.4 Å². The van der Waals surface area contributed by atoms with Crippen LogP contribution in [-0.2, 0) is 6.18 Å². The molecule has 1 saturated heterocycles. The highest BCUT2D eigenvalue weighted by molar-refractivity contribution is 6.00. The number of nitrogens with one attached hydrogen (secondary N) is 2. The molecule has 0 bridgehead atoms. The molecule has 8 nitrogen and oxygen atoms in total. The predicted molar refractivity (Wildman–Crippen MR) is 114 cm³/mol. The Morgan fingerprint density at radius 2 is 1.88 bits per heavy atom. The van der Waals surface area contributed by atoms with Gasteiger partial charge in [-0.05, 0) is 24.3 Å². The lowest BCUT2D eigenvalue weighted by Gasteiger charge is -2.36. The van der Waals surface area contributed by atoms with Crippen LogP contribution in [0, 0.1) is 0 Å². The maximum absolute atomic E-state index is 13.3. The van der Waals surface area contributed by atoms with Crippen LogP contribution in [0.4, 0.5) is 30.5 Å². The van der Waals surface area contributed by atoms with E-state index in [1.54, 1.807) is 6.07 Å². The standard InChI is InChI=1S/C21H22F3N5O3/c22-21(23,24)14-3-1-2-4-15(14)25-20-26-16-11-13(19(31)32)18(12-17(16)27-20)29-7-5-28(6-8-29)9-10-30/h1-4,11-12,30H,5-10H2,(H,31,32)(H2,25,26,27). The van der Waals surface area contributed by atoms with Crippen molar-refractivity contribution in [1.29, 1.82) is 0 Å². The number of aromatic amines is 1. The zero-order valence-corrected chi connectivity index (χ0v) is 17.0. The second-order valence-electron chi connectivity index (χ2n) is 7.50. The lowest BCUT2D eigenvalue weighted by molar-refractivity contribution is -0.136. The molecule has 1 aliphatic heterocycles. The number of aromatic carboxylic acids is 1. The normalized spacial score (nSPS) is 15.3. The number of nitrogens with zero attached hydrogens (tertiary/aromatic N) is 3. The number of halogens is 3. The first-order chi connectivity index (χ1) is 15.3. The number of imidazole rings is 1. The Labute approximate surface area is 181 Å². The Kier molecular flexibility index (Phi) is 5.94. The smallest absolute Gasteiger partial charge is 0.418 e. The maximum atomic E-state index is 13.3. The fourth-order valence-electron chi connectivity index (χ4n) is 3.86. The van der Waals surface area contributed by atoms with Gasteiger partial charge in [-0.25, -0.2) is 9.78 Å². The van der Waals surface area contributed by atoms with E-state index in [4.69, 9.17) is 5.11 Å². The van der Waals surface area contributed by atoms with Crippen molar-refractivity contribution in [1.82, 2.24) is 14.9 Å². The number of aliphatic hydroxyl groups is 1. The summed E-state index contributed by atoms with van der Waals surface area (Å²) in [6.45, 7) is 3.15. The number of rotatable bonds is 6. The van der Waals surface area contributed by atoms with Gasteiger partial charge in [0.25, 0.3) is 0 Å². The van der Waals surface area contributed by atoms with Gasteiger partial charge in [0.15, 0.2) is 0 Å². The minimum absolute atomic E-state index is 0.0624. The van der Waals surface area contributed by atoms with Crippen LogP contribution in [0.15, 0.2) is 36.4 Å². The zero-order valence-electron chi connectivity index (χ0n) is 17.0. The number of hydrogen-bond acceptors (Lipinski definition) is 6. The molecule has 1 aliphatic rings. The lowest BCUT2D eigenvalue weighted by Crippen LogP contribution is -2.47. The van der Waals surface area contributed by atoms with E-state index in [0.29, 0.717) is 49.4 Å². The number of piperazine rings is 1. The molecule has 0 saturated carbocycles. The van der Waals surface area contributed by atoms with Crippen molar-refractivity contribution in [3.63, 3.8) is 0 Å². The maximum Gasteiger partial charge on any atom is 0.418 e. The van der Waals surface area contributed by atoms with Crippen molar-refractivity contribution in [2.75, 3.05) is 49.5 Å². The Bertz CT molecular complexity index is 1120. The second-order valence-corrected chi connectivity index (χ2v) is 7.50. The van der Waals surface area contributed by atoms with Gasteiger partial charge in [0.1, 0.15) is 0 Å². The molecule has 4 rings (SSSR count). The monoisotopic (exact) mass is 449 g/mol. The van der Waals surface area contributed by atoms with Crippen LogP contribution in [0.25, 0.3) is 11.0 Å². The van der Waals surface area contributed by atoms with E-state index in [0.717, 1.165) is 6.07 Å². The van der Waals surface area contributed by atoms with Crippen molar-refractivity contribution < 1.29 is 28.2 Å². The summed E-state index contributed by atoms with van der Waals surface area (Å²) < 4.78 is 39.8. The first-order valence-corrected chi connectivity index (χ1v) is 10.0. The van der Waals surface area contributed by atoms with Crippen LogP contribution in [0.1, 0.15) is 15.9 Å². The molecule has 0 atom stereocenters. The summed E-state index contributed by atoms with van der Waals surface area (Å²) in [5.74, 6) is -1.02. The molecule has 1 aromatic heterocycles. The number of aliphatic hydroxyl groups excluding tert-OH is 1. The van der Waals surface area contributed by atoms with Crippen LogP contribution in [0.3, 0.4) is 0 Å². The van der Waals surface area contributed by atoms with Crippen LogP contribution in [0.2, 0.25) is 0 Å². The quantitative estimate of drug-likeness (QED) is 0.458. The van der Waals surface area contributed by atoms with Gasteiger partial charge in [-0.3, -0.25) is 4.90 Å². The molecule has 32 heavy (non-hydrogen) atoms. The van der Waals surface area contributed by atoms with Crippen LogP contribution >= 0.6 is 0 Å². The average molecular weight is 449 g/mol. The fraction of sp³-hybridized carbons (Fsp3) is 0.333. The summed E-state index contributed by atoms with van der Waals surface area (Å²) in [6.07, 6.45) is -4.53. The van der Waals surface area contributed by atoms with Crippen molar-refractivity contribution in [3.05, 3.63) is 47.5 Å². The highest BCUT2D eigenvalue weighted by atomic mass is 19.4. The number of alkyl halides is 3. The summed E-state index contributed by atoms with van der Waals surface area (Å²) in [7, 11) is 0. The first kappa shape index (κ1) is 21.9. The van der Waals surface area contributed by atoms with Crippen molar-refractivity contribution in [2.24, 2.45) is 0 Å². The highest BCUT2D eigenvalue weighted by Crippen LogP contribution is 2.36. The summed E-state index contributed by atoms with van der Waals surface area (Å²) in [5, 5.41) is 21.5. The van der Waals surface area contributed by atoms with Crippen molar-refractivity contribution >= 4 is 34.3 Å². The highest BCUT2D eigenvalue weighted by Gasteiger charge is 2.33. The number of fused-ring (bicyclic) bond motifs is 1. The number of aromatic nitrogens is 2. The van der Waals surface area contributed by atoms with Gasteiger partial charge < -0.3 is 25.4 Å². The van der Waals surface area contributed by atoms with Gasteiger partial charge in [0.2, 0.25) is 5.95 Å². The molecule has 0 unspecified atom stereocenters. The number of anilines is 3. The molecule has 2 heterocycles. The third kappa shape index (κ3) is 4.48. The fourth-order valence-corrected chi connectivity index (χ4v) is 3.86. The Hall–Kier alpha value is -3.31. The van der Waals surface area contributed by atoms with E-state index in [-0.39, 0.29) is 23.8 Å². The molecule has 3 aromatic rings. The third-order valence-electron chi connectivity index (χ3n) is 5.44. The molecule has 0 amide bonds. The van der Waals surface area contributed by atoms with Gasteiger partial charge in [-0.2, -0.15) is 13.2 Å². The first-order valence-electron chi connectivity index (χ1n) is 10.0. The van der Waals surface area contributed by atoms with Crippen molar-refractivity contribution in [2.45, 2.75) is 6.18 Å². The molecule has 1 fully saturated rings. The lowest BCUT2D eigenvalue weighted by atomic mass is 10.1. The van der Waals surface area contributed by atoms with Crippen molar-refractivity contribution in [3.8, 4) is 0 Å². The molecule has 4 N–H and O–H groups in total. The molecular weight excluding hydrogens is 427 g/mol. The number of H-pyrrole nitrogens is 1. The minimum atomic E-state index is -4.53. The third-order valence-corrected chi connectivity index (χ3v) is 5.44. The van der Waals surface area contributed by atoms with Gasteiger partial charge >= 0.3 is 12.1 Å². The Balaban J connectivity index is 1.65. The second kappa shape index (κ2) is 8.67. The van der Waals surface area contributed by atoms with E-state index in [1.165, 1.54) is 24.3 Å². The number of carboxylic acids is 1. The minimum Gasteiger partial charge on any atom is -0.478 e. The zero-order chi connectivity index (χ0) is 22.9. The van der Waals surface area contributed by atoms with Gasteiger partial charge in [-0.15, -0.1) is 0 Å². The summed E-state index contributed by atoms with van der Waals surface area (Å²) in [5.41, 5.74) is 0.444. The van der Waals surface area contributed by atoms with Crippen LogP contribution < -0.4 is 10.2 Å². The van der Waals surface area contributed by atoms with Crippen LogP contribution in [0.5, 0.6) is 0 Å². The van der Waals surface area contributed by atoms with E-state index in [1.807, 2.05) is 4.90 Å². The van der Waals surface area contributed by atoms with E-state index in [9.17, 15) is 23.1 Å². The number of hydrogen-bond donors (Lipinski definition) is 4. The van der Waals surface area contributed by atoms with Gasteiger partial charge in [-0.1, -0.05) is 12.1 Å². The molecule has 0 spiro atoms. The largest absolute Gasteiger partial charge is 0.478 e. The number of benzene rings is 2. The number of β-amino-alcohol motifs (C(OH)–C–C–N with tert-alkyl or cyclic N) is 1. The Morgan fingerprint density at radius 1 is 1.16 bits per heavy atom. The SMILES string of the molecule is O=C(O)c1cc2[nH]c(Nc3ccccc3C(F)(F)F)nc2cc1N1CCN(CCO)CC1. The molecular formula is C21H22F3N5O3. The predicted octanol–water partition coefficient (Wildman–Crippen LogP) is 3.14. The van der Waals surface area contributed by atoms with Gasteiger partial charge in [0.05, 0.1) is 40.1 Å². The molecule has 0 aliphatic carbocycles. The molecule has 170 valence electrons. The summed E-state index contributed by atoms with van der Waals surface area (Å²) >= 11 is 0. The van der Waals surface area contributed by atoms with E-state index >= 15 is 0 Å². The Morgan fingerprint density at radius 3 is 2.53 bits per heavy atom. The summed E-state index contributed by atoms with van der Waals surface area (Å²) in [6, 6.07) is 8.15. The summed E-state index contributed by atoms with van der Waals surface area (Å²) in [4.78, 5) is 23.1. The topological polar surface area (TPSA) is 105 Å². The van der Waals surface area contributed by atoms with E-state index < -0.39 is 17.7 Å². The average Bonchev–Trinajstić information content (AvgIpc) is 3.14. The molecule has 2 aromatic carbocycles. The van der Waals surface area contributed by atoms with Gasteiger partial charge in [0, 0.05) is 32.7 Å².